The average molecular weight is 281 g/mol. The van der Waals surface area contributed by atoms with Gasteiger partial charge in [-0.05, 0) is 45.6 Å². The molecule has 2 aliphatic rings. The van der Waals surface area contributed by atoms with Crippen LogP contribution in [0.25, 0.3) is 0 Å². The number of nitrogens with zero attached hydrogens (tertiary/aromatic N) is 1. The van der Waals surface area contributed by atoms with Crippen LogP contribution in [0.5, 0.6) is 0 Å². The average Bonchev–Trinajstić information content (AvgIpc) is 2.53. The van der Waals surface area contributed by atoms with Crippen molar-refractivity contribution in [1.29, 1.82) is 0 Å². The third-order valence-corrected chi connectivity index (χ3v) is 4.49. The lowest BCUT2D eigenvalue weighted by molar-refractivity contribution is -0.127. The van der Waals surface area contributed by atoms with Crippen LogP contribution in [0, 0.1) is 5.92 Å². The first kappa shape index (κ1) is 15.4. The van der Waals surface area contributed by atoms with E-state index in [4.69, 9.17) is 4.74 Å². The number of hydrazone groups is 1. The number of carbonyl (C=O) groups is 1. The summed E-state index contributed by atoms with van der Waals surface area (Å²) in [5, 5.41) is 7.72. The number of hydrogen-bond donors (Lipinski definition) is 2. The molecule has 2 N–H and O–H groups in total. The molecule has 3 unspecified atom stereocenters. The highest BCUT2D eigenvalue weighted by Crippen LogP contribution is 2.26. The van der Waals surface area contributed by atoms with Crippen molar-refractivity contribution in [2.75, 3.05) is 13.7 Å². The van der Waals surface area contributed by atoms with Gasteiger partial charge in [-0.2, -0.15) is 5.10 Å². The maximum absolute atomic E-state index is 12.2. The number of nitrogens with one attached hydrogen (secondary N) is 2. The van der Waals surface area contributed by atoms with Gasteiger partial charge < -0.3 is 10.1 Å². The second-order valence-corrected chi connectivity index (χ2v) is 5.95. The molecule has 114 valence electrons. The number of piperidine rings is 1. The van der Waals surface area contributed by atoms with Gasteiger partial charge in [-0.15, -0.1) is 0 Å². The molecule has 1 aliphatic carbocycles. The van der Waals surface area contributed by atoms with E-state index in [2.05, 4.69) is 15.8 Å². The monoisotopic (exact) mass is 281 g/mol. The molecule has 5 heteroatoms. The predicted molar refractivity (Wildman–Crippen MR) is 79.6 cm³/mol. The largest absolute Gasteiger partial charge is 0.381 e. The van der Waals surface area contributed by atoms with Crippen LogP contribution in [0.1, 0.15) is 51.9 Å². The molecule has 3 atom stereocenters. The Morgan fingerprint density at radius 2 is 2.10 bits per heavy atom. The summed E-state index contributed by atoms with van der Waals surface area (Å²) in [6, 6.07) is 0.321. The van der Waals surface area contributed by atoms with E-state index < -0.39 is 0 Å². The Hall–Kier alpha value is -0.940. The summed E-state index contributed by atoms with van der Waals surface area (Å²) in [6.45, 7) is 3.03. The van der Waals surface area contributed by atoms with E-state index in [0.717, 1.165) is 44.4 Å². The Morgan fingerprint density at radius 3 is 2.80 bits per heavy atom. The molecule has 1 aliphatic heterocycles. The number of methoxy groups -OCH3 is 1. The second-order valence-electron chi connectivity index (χ2n) is 5.95. The minimum atomic E-state index is 0.0434. The molecule has 0 radical (unpaired) electrons. The molecule has 1 amide bonds. The normalized spacial score (nSPS) is 31.9. The number of ether oxygens (including phenoxy) is 1. The first-order valence-electron chi connectivity index (χ1n) is 7.81. The van der Waals surface area contributed by atoms with Crippen molar-refractivity contribution < 1.29 is 9.53 Å². The summed E-state index contributed by atoms with van der Waals surface area (Å²) in [5.74, 6) is 0.0893. The van der Waals surface area contributed by atoms with Crippen molar-refractivity contribution in [3.63, 3.8) is 0 Å². The fourth-order valence-electron chi connectivity index (χ4n) is 3.12. The first-order valence-corrected chi connectivity index (χ1v) is 7.81. The zero-order valence-electron chi connectivity index (χ0n) is 12.7. The molecule has 5 nitrogen and oxygen atoms in total. The summed E-state index contributed by atoms with van der Waals surface area (Å²) < 4.78 is 5.37. The Balaban J connectivity index is 1.81. The van der Waals surface area contributed by atoms with Gasteiger partial charge in [0, 0.05) is 19.1 Å². The first-order chi connectivity index (χ1) is 9.70. The molecule has 0 aromatic rings. The molecule has 0 spiro atoms. The quantitative estimate of drug-likeness (QED) is 0.610. The Kier molecular flexibility index (Phi) is 5.98. The Labute approximate surface area is 121 Å². The van der Waals surface area contributed by atoms with Gasteiger partial charge in [0.1, 0.15) is 0 Å². The van der Waals surface area contributed by atoms with Gasteiger partial charge in [0.15, 0.2) is 0 Å². The predicted octanol–water partition coefficient (Wildman–Crippen LogP) is 1.83. The molecule has 0 aromatic carbocycles. The van der Waals surface area contributed by atoms with Gasteiger partial charge >= 0.3 is 0 Å². The van der Waals surface area contributed by atoms with Crippen LogP contribution in [0.15, 0.2) is 5.10 Å². The third-order valence-electron chi connectivity index (χ3n) is 4.49. The van der Waals surface area contributed by atoms with Crippen molar-refractivity contribution in [3.8, 4) is 0 Å². The van der Waals surface area contributed by atoms with Crippen LogP contribution >= 0.6 is 0 Å². The van der Waals surface area contributed by atoms with Crippen LogP contribution in [-0.4, -0.2) is 37.4 Å². The lowest BCUT2D eigenvalue weighted by Gasteiger charge is -2.27. The SMILES string of the molecule is COC1CCCC(C(=O)N/N=C(\C)C2CCCCN2)C1. The van der Waals surface area contributed by atoms with Gasteiger partial charge in [-0.25, -0.2) is 5.43 Å². The zero-order valence-corrected chi connectivity index (χ0v) is 12.7. The van der Waals surface area contributed by atoms with Gasteiger partial charge in [-0.3, -0.25) is 4.79 Å². The molecule has 1 saturated heterocycles. The van der Waals surface area contributed by atoms with Crippen LogP contribution in [0.3, 0.4) is 0 Å². The fourth-order valence-corrected chi connectivity index (χ4v) is 3.12. The van der Waals surface area contributed by atoms with Gasteiger partial charge in [0.2, 0.25) is 5.91 Å². The van der Waals surface area contributed by atoms with E-state index in [1.807, 2.05) is 6.92 Å². The lowest BCUT2D eigenvalue weighted by atomic mass is 9.87. The van der Waals surface area contributed by atoms with Crippen molar-refractivity contribution in [2.24, 2.45) is 11.0 Å². The van der Waals surface area contributed by atoms with Gasteiger partial charge in [0.05, 0.1) is 11.8 Å². The molecular weight excluding hydrogens is 254 g/mol. The lowest BCUT2D eigenvalue weighted by Crippen LogP contribution is -2.41. The summed E-state index contributed by atoms with van der Waals surface area (Å²) in [5.41, 5.74) is 3.73. The molecule has 20 heavy (non-hydrogen) atoms. The smallest absolute Gasteiger partial charge is 0.243 e. The number of hydrogen-bond acceptors (Lipinski definition) is 4. The van der Waals surface area contributed by atoms with Gasteiger partial charge in [-0.1, -0.05) is 12.8 Å². The van der Waals surface area contributed by atoms with E-state index in [1.54, 1.807) is 7.11 Å². The maximum Gasteiger partial charge on any atom is 0.243 e. The van der Waals surface area contributed by atoms with E-state index in [9.17, 15) is 4.79 Å². The van der Waals surface area contributed by atoms with E-state index in [1.165, 1.54) is 12.8 Å². The fraction of sp³-hybridized carbons (Fsp3) is 0.867. The highest BCUT2D eigenvalue weighted by Gasteiger charge is 2.27. The second kappa shape index (κ2) is 7.74. The molecule has 1 heterocycles. The van der Waals surface area contributed by atoms with Crippen LogP contribution in [0.4, 0.5) is 0 Å². The molecule has 2 fully saturated rings. The van der Waals surface area contributed by atoms with Crippen LogP contribution < -0.4 is 10.7 Å². The summed E-state index contributed by atoms with van der Waals surface area (Å²) in [6.07, 6.45) is 7.69. The van der Waals surface area contributed by atoms with E-state index in [-0.39, 0.29) is 17.9 Å². The van der Waals surface area contributed by atoms with Crippen LogP contribution in [-0.2, 0) is 9.53 Å². The molecule has 0 bridgehead atoms. The summed E-state index contributed by atoms with van der Waals surface area (Å²) in [7, 11) is 1.72. The van der Waals surface area contributed by atoms with E-state index >= 15 is 0 Å². The highest BCUT2D eigenvalue weighted by molar-refractivity contribution is 5.89. The minimum Gasteiger partial charge on any atom is -0.381 e. The van der Waals surface area contributed by atoms with Crippen LogP contribution in [0.2, 0.25) is 0 Å². The third kappa shape index (κ3) is 4.28. The highest BCUT2D eigenvalue weighted by atomic mass is 16.5. The van der Waals surface area contributed by atoms with Crippen molar-refractivity contribution in [1.82, 2.24) is 10.7 Å². The number of carbonyl (C=O) groups excluding carboxylic acids is 1. The molecule has 2 rings (SSSR count). The summed E-state index contributed by atoms with van der Waals surface area (Å²) in [4.78, 5) is 12.2. The Morgan fingerprint density at radius 1 is 1.25 bits per heavy atom. The van der Waals surface area contributed by atoms with Gasteiger partial charge in [0.25, 0.3) is 0 Å². The van der Waals surface area contributed by atoms with Crippen molar-refractivity contribution >= 4 is 11.6 Å². The van der Waals surface area contributed by atoms with E-state index in [0.29, 0.717) is 6.04 Å². The van der Waals surface area contributed by atoms with Crippen molar-refractivity contribution in [3.05, 3.63) is 0 Å². The Bertz CT molecular complexity index is 351. The molecule has 0 aromatic heterocycles. The minimum absolute atomic E-state index is 0.0434. The maximum atomic E-state index is 12.2. The van der Waals surface area contributed by atoms with Crippen molar-refractivity contribution in [2.45, 2.75) is 64.0 Å². The topological polar surface area (TPSA) is 62.7 Å². The standard InChI is InChI=1S/C15H27N3O2/c1-11(14-8-3-4-9-16-14)17-18-15(19)12-6-5-7-13(10-12)20-2/h12-14,16H,3-10H2,1-2H3,(H,18,19)/b17-11+. The zero-order chi connectivity index (χ0) is 14.4. The number of amides is 1. The summed E-state index contributed by atoms with van der Waals surface area (Å²) >= 11 is 0. The number of rotatable bonds is 4. The molecule has 1 saturated carbocycles. The molecular formula is C15H27N3O2.